The molecule has 1 aromatic heterocycles. The summed E-state index contributed by atoms with van der Waals surface area (Å²) in [6, 6.07) is 7.24. The average molecular weight is 304 g/mol. The molecule has 4 N–H and O–H groups in total. The van der Waals surface area contributed by atoms with Crippen molar-refractivity contribution in [3.63, 3.8) is 0 Å². The summed E-state index contributed by atoms with van der Waals surface area (Å²) < 4.78 is 5.50. The Labute approximate surface area is 126 Å². The van der Waals surface area contributed by atoms with Gasteiger partial charge in [0.15, 0.2) is 0 Å². The van der Waals surface area contributed by atoms with Crippen molar-refractivity contribution in [1.82, 2.24) is 10.6 Å². The molecule has 0 saturated carbocycles. The van der Waals surface area contributed by atoms with Gasteiger partial charge in [-0.3, -0.25) is 15.4 Å². The Bertz CT molecular complexity index is 704. The minimum absolute atomic E-state index is 0.0956. The predicted molar refractivity (Wildman–Crippen MR) is 84.6 cm³/mol. The third-order valence-corrected chi connectivity index (χ3v) is 4.10. The van der Waals surface area contributed by atoms with E-state index in [1.54, 1.807) is 17.8 Å². The van der Waals surface area contributed by atoms with E-state index < -0.39 is 0 Å². The Morgan fingerprint density at radius 3 is 3.14 bits per heavy atom. The first kappa shape index (κ1) is 14.0. The van der Waals surface area contributed by atoms with E-state index in [2.05, 4.69) is 15.6 Å². The number of hydrogen-bond acceptors (Lipinski definition) is 5. The van der Waals surface area contributed by atoms with Crippen LogP contribution in [0.2, 0.25) is 0 Å². The molecule has 110 valence electrons. The number of hydrogen-bond donors (Lipinski definition) is 3. The first-order valence-corrected chi connectivity index (χ1v) is 7.73. The summed E-state index contributed by atoms with van der Waals surface area (Å²) in [5, 5.41) is 6.65. The molecule has 0 spiro atoms. The van der Waals surface area contributed by atoms with Gasteiger partial charge in [-0.25, -0.2) is 4.99 Å². The SMILES string of the molecule is Cc1cc2cc(N=C(N)NC(=O)[C@@H]3CSCN3)ccc2o1. The number of furan rings is 1. The molecule has 1 aliphatic rings. The number of aryl methyl sites for hydroxylation is 1. The van der Waals surface area contributed by atoms with Gasteiger partial charge in [-0.1, -0.05) is 0 Å². The lowest BCUT2D eigenvalue weighted by atomic mass is 10.2. The number of nitrogens with zero attached hydrogens (tertiary/aromatic N) is 1. The largest absolute Gasteiger partial charge is 0.461 e. The Balaban J connectivity index is 1.73. The molecule has 0 unspecified atom stereocenters. The van der Waals surface area contributed by atoms with Gasteiger partial charge in [0.1, 0.15) is 11.3 Å². The zero-order valence-corrected chi connectivity index (χ0v) is 12.4. The number of benzene rings is 1. The Hall–Kier alpha value is -1.99. The smallest absolute Gasteiger partial charge is 0.244 e. The zero-order valence-electron chi connectivity index (χ0n) is 11.6. The number of thioether (sulfide) groups is 1. The number of nitrogens with two attached hydrogens (primary N) is 1. The molecule has 6 nitrogen and oxygen atoms in total. The summed E-state index contributed by atoms with van der Waals surface area (Å²) in [5.41, 5.74) is 7.27. The number of aliphatic imine (C=N–C) groups is 1. The van der Waals surface area contributed by atoms with Crippen molar-refractivity contribution in [1.29, 1.82) is 0 Å². The molecule has 21 heavy (non-hydrogen) atoms. The molecule has 2 aromatic rings. The second kappa shape index (κ2) is 5.79. The summed E-state index contributed by atoms with van der Waals surface area (Å²) in [6.07, 6.45) is 0. The maximum absolute atomic E-state index is 11.9. The zero-order chi connectivity index (χ0) is 14.8. The van der Waals surface area contributed by atoms with Crippen LogP contribution in [0.1, 0.15) is 5.76 Å². The van der Waals surface area contributed by atoms with Gasteiger partial charge < -0.3 is 10.2 Å². The highest BCUT2D eigenvalue weighted by Gasteiger charge is 2.22. The van der Waals surface area contributed by atoms with Crippen LogP contribution >= 0.6 is 11.8 Å². The van der Waals surface area contributed by atoms with Crippen molar-refractivity contribution >= 4 is 40.3 Å². The highest BCUT2D eigenvalue weighted by Crippen LogP contribution is 2.24. The second-order valence-electron chi connectivity index (χ2n) is 4.84. The van der Waals surface area contributed by atoms with E-state index in [9.17, 15) is 4.79 Å². The standard InChI is InChI=1S/C14H16N4O2S/c1-8-4-9-5-10(2-3-12(9)20-8)17-14(15)18-13(19)11-6-21-7-16-11/h2-5,11,16H,6-7H2,1H3,(H3,15,17,18,19)/t11-/m0/s1. The highest BCUT2D eigenvalue weighted by molar-refractivity contribution is 7.99. The third-order valence-electron chi connectivity index (χ3n) is 3.16. The van der Waals surface area contributed by atoms with Crippen LogP contribution in [-0.4, -0.2) is 29.5 Å². The maximum atomic E-state index is 11.9. The molecule has 1 saturated heterocycles. The first-order chi connectivity index (χ1) is 10.1. The third kappa shape index (κ3) is 3.20. The van der Waals surface area contributed by atoms with Crippen molar-refractivity contribution in [2.75, 3.05) is 11.6 Å². The number of guanidine groups is 1. The molecule has 1 amide bonds. The predicted octanol–water partition coefficient (Wildman–Crippen LogP) is 1.47. The van der Waals surface area contributed by atoms with Crippen LogP contribution in [0, 0.1) is 6.92 Å². The number of nitrogens with one attached hydrogen (secondary N) is 2. The minimum Gasteiger partial charge on any atom is -0.461 e. The molecule has 0 radical (unpaired) electrons. The van der Waals surface area contributed by atoms with E-state index in [1.807, 2.05) is 25.1 Å². The molecule has 0 aliphatic carbocycles. The fourth-order valence-corrected chi connectivity index (χ4v) is 3.12. The molecule has 1 fully saturated rings. The van der Waals surface area contributed by atoms with Gasteiger partial charge in [0.25, 0.3) is 0 Å². The van der Waals surface area contributed by atoms with Gasteiger partial charge >= 0.3 is 0 Å². The van der Waals surface area contributed by atoms with Crippen LogP contribution in [0.4, 0.5) is 5.69 Å². The lowest BCUT2D eigenvalue weighted by Gasteiger charge is -2.09. The average Bonchev–Trinajstić information content (AvgIpc) is 3.05. The van der Waals surface area contributed by atoms with E-state index in [0.29, 0.717) is 5.69 Å². The summed E-state index contributed by atoms with van der Waals surface area (Å²) >= 11 is 1.68. The summed E-state index contributed by atoms with van der Waals surface area (Å²) in [5.74, 6) is 2.32. The van der Waals surface area contributed by atoms with Crippen LogP contribution in [0.3, 0.4) is 0 Å². The van der Waals surface area contributed by atoms with E-state index in [0.717, 1.165) is 28.4 Å². The maximum Gasteiger partial charge on any atom is 0.244 e. The number of carbonyl (C=O) groups excluding carboxylic acids is 1. The van der Waals surface area contributed by atoms with E-state index >= 15 is 0 Å². The quantitative estimate of drug-likeness (QED) is 0.577. The summed E-state index contributed by atoms with van der Waals surface area (Å²) in [4.78, 5) is 16.1. The Morgan fingerprint density at radius 1 is 1.52 bits per heavy atom. The van der Waals surface area contributed by atoms with Crippen LogP contribution in [0.15, 0.2) is 33.7 Å². The second-order valence-corrected chi connectivity index (χ2v) is 5.87. The molecular weight excluding hydrogens is 288 g/mol. The van der Waals surface area contributed by atoms with E-state index in [1.165, 1.54) is 0 Å². The topological polar surface area (TPSA) is 92.6 Å². The minimum atomic E-state index is -0.206. The van der Waals surface area contributed by atoms with Crippen LogP contribution in [0.25, 0.3) is 11.0 Å². The molecule has 2 heterocycles. The van der Waals surface area contributed by atoms with Gasteiger partial charge in [0, 0.05) is 17.0 Å². The number of rotatable bonds is 2. The van der Waals surface area contributed by atoms with Crippen molar-refractivity contribution < 1.29 is 9.21 Å². The van der Waals surface area contributed by atoms with E-state index in [-0.39, 0.29) is 17.9 Å². The van der Waals surface area contributed by atoms with Crippen LogP contribution in [0.5, 0.6) is 0 Å². The highest BCUT2D eigenvalue weighted by atomic mass is 32.2. The van der Waals surface area contributed by atoms with Crippen molar-refractivity contribution in [2.24, 2.45) is 10.7 Å². The normalized spacial score (nSPS) is 19.1. The molecule has 1 atom stereocenters. The monoisotopic (exact) mass is 304 g/mol. The lowest BCUT2D eigenvalue weighted by Crippen LogP contribution is -2.47. The summed E-state index contributed by atoms with van der Waals surface area (Å²) in [7, 11) is 0. The van der Waals surface area contributed by atoms with Gasteiger partial charge in [-0.15, -0.1) is 11.8 Å². The molecule has 1 aliphatic heterocycles. The van der Waals surface area contributed by atoms with Gasteiger partial charge in [-0.2, -0.15) is 0 Å². The molecule has 1 aromatic carbocycles. The fourth-order valence-electron chi connectivity index (χ4n) is 2.18. The van der Waals surface area contributed by atoms with Gasteiger partial charge in [0.2, 0.25) is 11.9 Å². The number of carbonyl (C=O) groups is 1. The van der Waals surface area contributed by atoms with Gasteiger partial charge in [-0.05, 0) is 31.2 Å². The van der Waals surface area contributed by atoms with E-state index in [4.69, 9.17) is 10.2 Å². The molecule has 3 rings (SSSR count). The number of amides is 1. The fraction of sp³-hybridized carbons (Fsp3) is 0.286. The lowest BCUT2D eigenvalue weighted by molar-refractivity contribution is -0.121. The number of fused-ring (bicyclic) bond motifs is 1. The molecule has 0 bridgehead atoms. The van der Waals surface area contributed by atoms with Crippen molar-refractivity contribution in [3.8, 4) is 0 Å². The Morgan fingerprint density at radius 2 is 2.38 bits per heavy atom. The first-order valence-electron chi connectivity index (χ1n) is 6.58. The van der Waals surface area contributed by atoms with Crippen LogP contribution in [-0.2, 0) is 4.79 Å². The van der Waals surface area contributed by atoms with Crippen molar-refractivity contribution in [3.05, 3.63) is 30.0 Å². The Kier molecular flexibility index (Phi) is 3.85. The van der Waals surface area contributed by atoms with Crippen molar-refractivity contribution in [2.45, 2.75) is 13.0 Å². The van der Waals surface area contributed by atoms with Crippen LogP contribution < -0.4 is 16.4 Å². The summed E-state index contributed by atoms with van der Waals surface area (Å²) in [6.45, 7) is 1.89. The van der Waals surface area contributed by atoms with Gasteiger partial charge in [0.05, 0.1) is 11.7 Å². The molecular formula is C14H16N4O2S. The molecule has 7 heteroatoms.